The van der Waals surface area contributed by atoms with Crippen molar-refractivity contribution in [2.75, 3.05) is 17.1 Å². The molecule has 0 aliphatic heterocycles. The van der Waals surface area contributed by atoms with Crippen LogP contribution in [0.2, 0.25) is 5.02 Å². The number of rotatable bonds is 9. The highest BCUT2D eigenvalue weighted by atomic mass is 35.5. The Balaban J connectivity index is 1.89. The van der Waals surface area contributed by atoms with Crippen molar-refractivity contribution in [2.24, 2.45) is 0 Å². The number of carbonyl (C=O) groups is 2. The summed E-state index contributed by atoms with van der Waals surface area (Å²) in [5.41, 5.74) is 3.03. The number of anilines is 1. The molecule has 2 amide bonds. The van der Waals surface area contributed by atoms with Crippen LogP contribution in [0.4, 0.5) is 5.69 Å². The van der Waals surface area contributed by atoms with Crippen LogP contribution in [0.1, 0.15) is 55.7 Å². The van der Waals surface area contributed by atoms with E-state index >= 15 is 0 Å². The standard InChI is InChI=1S/C27H36ClN3O4S/c1-19-14-15-24(16-20(19)2)31(36(4,34)35)18-26(32)30(17-22-10-8-9-13-25(22)28)21(3)27(33)29-23-11-6-5-7-12-23/h8-10,13-16,21,23H,5-7,11-12,17-18H2,1-4H3,(H,29,33). The molecule has 2 aromatic carbocycles. The minimum atomic E-state index is -3.77. The zero-order valence-electron chi connectivity index (χ0n) is 21.5. The number of aryl methyl sites for hydroxylation is 2. The molecule has 7 nitrogen and oxygen atoms in total. The van der Waals surface area contributed by atoms with Crippen molar-refractivity contribution in [3.05, 3.63) is 64.2 Å². The summed E-state index contributed by atoms with van der Waals surface area (Å²) in [5.74, 6) is -0.732. The number of nitrogens with zero attached hydrogens (tertiary/aromatic N) is 2. The van der Waals surface area contributed by atoms with Crippen LogP contribution in [-0.4, -0.2) is 50.0 Å². The summed E-state index contributed by atoms with van der Waals surface area (Å²) in [5, 5.41) is 3.56. The number of nitrogens with one attached hydrogen (secondary N) is 1. The van der Waals surface area contributed by atoms with E-state index in [4.69, 9.17) is 11.6 Å². The molecule has 3 rings (SSSR count). The first-order valence-electron chi connectivity index (χ1n) is 12.4. The lowest BCUT2D eigenvalue weighted by atomic mass is 9.95. The predicted octanol–water partition coefficient (Wildman–Crippen LogP) is 4.59. The van der Waals surface area contributed by atoms with Crippen molar-refractivity contribution in [3.8, 4) is 0 Å². The lowest BCUT2D eigenvalue weighted by Crippen LogP contribution is -2.53. The molecular weight excluding hydrogens is 498 g/mol. The molecule has 196 valence electrons. The Hall–Kier alpha value is -2.58. The Kier molecular flexibility index (Phi) is 9.41. The van der Waals surface area contributed by atoms with Crippen molar-refractivity contribution in [2.45, 2.75) is 71.5 Å². The van der Waals surface area contributed by atoms with Gasteiger partial charge in [0, 0.05) is 17.6 Å². The molecular formula is C27H36ClN3O4S. The fraction of sp³-hybridized carbons (Fsp3) is 0.481. The average molecular weight is 534 g/mol. The first kappa shape index (κ1) is 28.0. The Bertz CT molecular complexity index is 1200. The molecule has 1 aliphatic rings. The molecule has 1 saturated carbocycles. The maximum absolute atomic E-state index is 13.7. The minimum absolute atomic E-state index is 0.0856. The molecule has 0 spiro atoms. The smallest absolute Gasteiger partial charge is 0.244 e. The van der Waals surface area contributed by atoms with Crippen LogP contribution >= 0.6 is 11.6 Å². The van der Waals surface area contributed by atoms with Gasteiger partial charge in [-0.1, -0.05) is 55.1 Å². The third kappa shape index (κ3) is 7.23. The van der Waals surface area contributed by atoms with Crippen LogP contribution in [0, 0.1) is 13.8 Å². The topological polar surface area (TPSA) is 86.8 Å². The normalized spacial score (nSPS) is 15.2. The van der Waals surface area contributed by atoms with Gasteiger partial charge in [0.15, 0.2) is 0 Å². The van der Waals surface area contributed by atoms with Crippen molar-refractivity contribution < 1.29 is 18.0 Å². The van der Waals surface area contributed by atoms with E-state index in [1.165, 1.54) is 11.3 Å². The third-order valence-corrected chi connectivity index (χ3v) is 8.38. The molecule has 36 heavy (non-hydrogen) atoms. The number of amides is 2. The molecule has 0 saturated heterocycles. The highest BCUT2D eigenvalue weighted by Crippen LogP contribution is 2.24. The molecule has 2 aromatic rings. The van der Waals surface area contributed by atoms with Gasteiger partial charge in [-0.2, -0.15) is 0 Å². The van der Waals surface area contributed by atoms with E-state index in [1.807, 2.05) is 26.0 Å². The highest BCUT2D eigenvalue weighted by Gasteiger charge is 2.31. The number of sulfonamides is 1. The lowest BCUT2D eigenvalue weighted by Gasteiger charge is -2.33. The van der Waals surface area contributed by atoms with Gasteiger partial charge >= 0.3 is 0 Å². The van der Waals surface area contributed by atoms with E-state index in [9.17, 15) is 18.0 Å². The van der Waals surface area contributed by atoms with Gasteiger partial charge in [0.25, 0.3) is 0 Å². The van der Waals surface area contributed by atoms with Crippen LogP contribution in [0.3, 0.4) is 0 Å². The van der Waals surface area contributed by atoms with Gasteiger partial charge in [-0.05, 0) is 68.5 Å². The maximum atomic E-state index is 13.7. The van der Waals surface area contributed by atoms with Gasteiger partial charge in [0.2, 0.25) is 21.8 Å². The average Bonchev–Trinajstić information content (AvgIpc) is 2.83. The van der Waals surface area contributed by atoms with Gasteiger partial charge in [-0.3, -0.25) is 13.9 Å². The zero-order valence-corrected chi connectivity index (χ0v) is 23.0. The van der Waals surface area contributed by atoms with Gasteiger partial charge in [-0.25, -0.2) is 8.42 Å². The van der Waals surface area contributed by atoms with E-state index < -0.39 is 28.5 Å². The summed E-state index contributed by atoms with van der Waals surface area (Å²) in [4.78, 5) is 28.3. The number of hydrogen-bond acceptors (Lipinski definition) is 4. The first-order valence-corrected chi connectivity index (χ1v) is 14.6. The minimum Gasteiger partial charge on any atom is -0.352 e. The largest absolute Gasteiger partial charge is 0.352 e. The van der Waals surface area contributed by atoms with E-state index in [0.717, 1.165) is 47.4 Å². The van der Waals surface area contributed by atoms with Gasteiger partial charge in [0.05, 0.1) is 11.9 Å². The van der Waals surface area contributed by atoms with Gasteiger partial charge in [0.1, 0.15) is 12.6 Å². The molecule has 1 atom stereocenters. The number of hydrogen-bond donors (Lipinski definition) is 1. The summed E-state index contributed by atoms with van der Waals surface area (Å²) >= 11 is 6.37. The molecule has 0 aromatic heterocycles. The second kappa shape index (κ2) is 12.1. The Morgan fingerprint density at radius 2 is 1.72 bits per heavy atom. The van der Waals surface area contributed by atoms with Crippen LogP contribution in [0.25, 0.3) is 0 Å². The van der Waals surface area contributed by atoms with Crippen LogP contribution < -0.4 is 9.62 Å². The molecule has 1 fully saturated rings. The Morgan fingerprint density at radius 1 is 1.06 bits per heavy atom. The van der Waals surface area contributed by atoms with Crippen molar-refractivity contribution >= 4 is 39.1 Å². The number of carbonyl (C=O) groups excluding carboxylic acids is 2. The van der Waals surface area contributed by atoms with E-state index in [-0.39, 0.29) is 18.5 Å². The summed E-state index contributed by atoms with van der Waals surface area (Å²) in [6.07, 6.45) is 6.23. The molecule has 0 radical (unpaired) electrons. The predicted molar refractivity (Wildman–Crippen MR) is 145 cm³/mol. The molecule has 9 heteroatoms. The van der Waals surface area contributed by atoms with Crippen LogP contribution in [-0.2, 0) is 26.2 Å². The Labute approximate surface area is 219 Å². The molecule has 1 aliphatic carbocycles. The van der Waals surface area contributed by atoms with Crippen LogP contribution in [0.15, 0.2) is 42.5 Å². The summed E-state index contributed by atoms with van der Waals surface area (Å²) in [7, 11) is -3.77. The van der Waals surface area contributed by atoms with Crippen LogP contribution in [0.5, 0.6) is 0 Å². The monoisotopic (exact) mass is 533 g/mol. The summed E-state index contributed by atoms with van der Waals surface area (Å²) in [6.45, 7) is 5.17. The third-order valence-electron chi connectivity index (χ3n) is 6.88. The summed E-state index contributed by atoms with van der Waals surface area (Å²) < 4.78 is 26.5. The number of benzene rings is 2. The fourth-order valence-corrected chi connectivity index (χ4v) is 5.49. The first-order chi connectivity index (χ1) is 17.0. The van der Waals surface area contributed by atoms with E-state index in [1.54, 1.807) is 37.3 Å². The van der Waals surface area contributed by atoms with Gasteiger partial charge < -0.3 is 10.2 Å². The molecule has 0 bridgehead atoms. The van der Waals surface area contributed by atoms with E-state index in [0.29, 0.717) is 16.3 Å². The number of halogens is 1. The summed E-state index contributed by atoms with van der Waals surface area (Å²) in [6, 6.07) is 11.7. The molecule has 1 unspecified atom stereocenters. The second-order valence-corrected chi connectivity index (χ2v) is 12.0. The van der Waals surface area contributed by atoms with E-state index in [2.05, 4.69) is 5.32 Å². The lowest BCUT2D eigenvalue weighted by molar-refractivity contribution is -0.139. The maximum Gasteiger partial charge on any atom is 0.244 e. The van der Waals surface area contributed by atoms with Gasteiger partial charge in [-0.15, -0.1) is 0 Å². The van der Waals surface area contributed by atoms with Crippen molar-refractivity contribution in [1.29, 1.82) is 0 Å². The van der Waals surface area contributed by atoms with Crippen molar-refractivity contribution in [3.63, 3.8) is 0 Å². The fourth-order valence-electron chi connectivity index (χ4n) is 4.46. The van der Waals surface area contributed by atoms with Crippen molar-refractivity contribution in [1.82, 2.24) is 10.2 Å². The Morgan fingerprint density at radius 3 is 2.33 bits per heavy atom. The second-order valence-electron chi connectivity index (χ2n) is 9.67. The SMILES string of the molecule is Cc1ccc(N(CC(=O)N(Cc2ccccc2Cl)C(C)C(=O)NC2CCCCC2)S(C)(=O)=O)cc1C. The molecule has 0 heterocycles. The highest BCUT2D eigenvalue weighted by molar-refractivity contribution is 7.92. The molecule has 1 N–H and O–H groups in total. The quantitative estimate of drug-likeness (QED) is 0.511. The zero-order chi connectivity index (χ0) is 26.5.